The predicted molar refractivity (Wildman–Crippen MR) is 98.6 cm³/mol. The number of pyridine rings is 1. The van der Waals surface area contributed by atoms with E-state index in [4.69, 9.17) is 5.73 Å². The lowest BCUT2D eigenvalue weighted by Gasteiger charge is -2.25. The molecule has 5 nitrogen and oxygen atoms in total. The standard InChI is InChI=1S/C20H19F2N3O2/c1-12(26)13-5-7-17(20(23)14-3-2-4-16(9-14)27-22)18(10-13)25-19-8-6-15(21)11-24-19/h2-4,6,8-9,11,13H,5,7,10,23H2,1H3/b20-17-,25-18?. The Hall–Kier alpha value is -3.09. The number of carbonyl (C=O) groups excluding carboxylic acids is 1. The van der Waals surface area contributed by atoms with Crippen molar-refractivity contribution in [3.05, 3.63) is 59.5 Å². The van der Waals surface area contributed by atoms with Gasteiger partial charge in [0.15, 0.2) is 11.6 Å². The van der Waals surface area contributed by atoms with Gasteiger partial charge in [0.2, 0.25) is 0 Å². The lowest BCUT2D eigenvalue weighted by molar-refractivity contribution is -0.120. The molecule has 1 aliphatic carbocycles. The van der Waals surface area contributed by atoms with Crippen molar-refractivity contribution in [2.45, 2.75) is 26.2 Å². The number of aromatic nitrogens is 1. The predicted octanol–water partition coefficient (Wildman–Crippen LogP) is 4.32. The summed E-state index contributed by atoms with van der Waals surface area (Å²) in [6.45, 7) is 1.55. The molecule has 0 amide bonds. The summed E-state index contributed by atoms with van der Waals surface area (Å²) < 4.78 is 25.6. The van der Waals surface area contributed by atoms with Gasteiger partial charge in [-0.3, -0.25) is 9.74 Å². The number of nitrogens with two attached hydrogens (primary N) is 1. The molecule has 1 aliphatic rings. The van der Waals surface area contributed by atoms with Crippen molar-refractivity contribution >= 4 is 23.0 Å². The van der Waals surface area contributed by atoms with E-state index in [1.807, 2.05) is 0 Å². The van der Waals surface area contributed by atoms with Gasteiger partial charge < -0.3 is 5.73 Å². The molecule has 1 atom stereocenters. The summed E-state index contributed by atoms with van der Waals surface area (Å²) in [6, 6.07) is 9.09. The van der Waals surface area contributed by atoms with Crippen LogP contribution in [0.3, 0.4) is 0 Å². The molecule has 0 radical (unpaired) electrons. The van der Waals surface area contributed by atoms with Crippen molar-refractivity contribution in [1.82, 2.24) is 4.98 Å². The number of carbonyl (C=O) groups is 1. The third kappa shape index (κ3) is 4.36. The molecule has 2 aromatic rings. The van der Waals surface area contributed by atoms with Crippen LogP contribution < -0.4 is 10.7 Å². The second-order valence-corrected chi connectivity index (χ2v) is 6.44. The van der Waals surface area contributed by atoms with Gasteiger partial charge in [-0.2, -0.15) is 0 Å². The van der Waals surface area contributed by atoms with Crippen LogP contribution in [0, 0.1) is 11.7 Å². The summed E-state index contributed by atoms with van der Waals surface area (Å²) >= 11 is 0. The normalized spacial score (nSPS) is 20.4. The van der Waals surface area contributed by atoms with Crippen molar-refractivity contribution in [2.24, 2.45) is 16.6 Å². The number of benzene rings is 1. The molecule has 7 heteroatoms. The summed E-state index contributed by atoms with van der Waals surface area (Å²) in [6.07, 6.45) is 2.71. The molecule has 3 rings (SSSR count). The van der Waals surface area contributed by atoms with E-state index >= 15 is 0 Å². The Morgan fingerprint density at radius 1 is 1.33 bits per heavy atom. The number of rotatable bonds is 4. The van der Waals surface area contributed by atoms with Gasteiger partial charge in [-0.25, -0.2) is 14.4 Å². The van der Waals surface area contributed by atoms with E-state index in [0.717, 1.165) is 11.8 Å². The number of ketones is 1. The summed E-state index contributed by atoms with van der Waals surface area (Å²) in [5, 5.41) is 0. The van der Waals surface area contributed by atoms with Gasteiger partial charge in [0.25, 0.3) is 0 Å². The molecular weight excluding hydrogens is 352 g/mol. The zero-order valence-corrected chi connectivity index (χ0v) is 14.8. The van der Waals surface area contributed by atoms with Crippen LogP contribution in [0.25, 0.3) is 5.70 Å². The molecule has 0 saturated heterocycles. The van der Waals surface area contributed by atoms with Crippen LogP contribution in [0.1, 0.15) is 31.7 Å². The Labute approximate surface area is 155 Å². The fourth-order valence-electron chi connectivity index (χ4n) is 3.13. The van der Waals surface area contributed by atoms with Gasteiger partial charge in [0.1, 0.15) is 11.6 Å². The molecule has 1 unspecified atom stereocenters. The number of halogens is 2. The number of hydrogen-bond donors (Lipinski definition) is 1. The number of hydrogen-bond acceptors (Lipinski definition) is 5. The van der Waals surface area contributed by atoms with Gasteiger partial charge in [0.05, 0.1) is 6.20 Å². The lowest BCUT2D eigenvalue weighted by Crippen LogP contribution is -2.25. The molecular formula is C20H19F2N3O2. The topological polar surface area (TPSA) is 77.6 Å². The number of nitrogens with zero attached hydrogens (tertiary/aromatic N) is 2. The average Bonchev–Trinajstić information content (AvgIpc) is 2.69. The summed E-state index contributed by atoms with van der Waals surface area (Å²) in [5.41, 5.74) is 8.78. The Morgan fingerprint density at radius 3 is 2.81 bits per heavy atom. The van der Waals surface area contributed by atoms with Crippen LogP contribution in [0.2, 0.25) is 0 Å². The van der Waals surface area contributed by atoms with Gasteiger partial charge in [0, 0.05) is 27.4 Å². The molecule has 0 aliphatic heterocycles. The van der Waals surface area contributed by atoms with Crippen LogP contribution in [0.4, 0.5) is 14.7 Å². The zero-order chi connectivity index (χ0) is 19.4. The van der Waals surface area contributed by atoms with Gasteiger partial charge in [-0.05, 0) is 56.0 Å². The van der Waals surface area contributed by atoms with Gasteiger partial charge in [-0.1, -0.05) is 12.1 Å². The zero-order valence-electron chi connectivity index (χ0n) is 14.8. The summed E-state index contributed by atoms with van der Waals surface area (Å²) in [5.74, 6) is -0.141. The Balaban J connectivity index is 2.04. The molecule has 27 heavy (non-hydrogen) atoms. The highest BCUT2D eigenvalue weighted by molar-refractivity contribution is 6.09. The Morgan fingerprint density at radius 2 is 2.15 bits per heavy atom. The summed E-state index contributed by atoms with van der Waals surface area (Å²) in [7, 11) is 0. The monoisotopic (exact) mass is 371 g/mol. The maximum Gasteiger partial charge on any atom is 0.172 e. The van der Waals surface area contributed by atoms with Crippen molar-refractivity contribution < 1.29 is 18.7 Å². The minimum absolute atomic E-state index is 0.0483. The average molecular weight is 371 g/mol. The van der Waals surface area contributed by atoms with Crippen molar-refractivity contribution in [2.75, 3.05) is 0 Å². The number of aliphatic imine (C=N–C) groups is 1. The second kappa shape index (κ2) is 8.07. The van der Waals surface area contributed by atoms with Gasteiger partial charge >= 0.3 is 0 Å². The van der Waals surface area contributed by atoms with Crippen LogP contribution in [0.15, 0.2) is 53.2 Å². The van der Waals surface area contributed by atoms with E-state index in [-0.39, 0.29) is 17.5 Å². The van der Waals surface area contributed by atoms with Crippen LogP contribution in [-0.4, -0.2) is 16.5 Å². The summed E-state index contributed by atoms with van der Waals surface area (Å²) in [4.78, 5) is 24.1. The largest absolute Gasteiger partial charge is 0.398 e. The minimum Gasteiger partial charge on any atom is -0.398 e. The van der Waals surface area contributed by atoms with E-state index < -0.39 is 5.82 Å². The second-order valence-electron chi connectivity index (χ2n) is 6.44. The number of Topliss-reactive ketones (excluding diaryl/α,β-unsaturated/α-hetero) is 1. The molecule has 1 aromatic heterocycles. The molecule has 0 bridgehead atoms. The van der Waals surface area contributed by atoms with E-state index in [9.17, 15) is 13.7 Å². The lowest BCUT2D eigenvalue weighted by atomic mass is 9.80. The van der Waals surface area contributed by atoms with E-state index in [1.165, 1.54) is 24.3 Å². The number of allylic oxidation sites excluding steroid dienone is 1. The first kappa shape index (κ1) is 18.7. The molecule has 1 aromatic carbocycles. The van der Waals surface area contributed by atoms with Crippen LogP contribution >= 0.6 is 0 Å². The molecule has 1 heterocycles. The third-order valence-corrected chi connectivity index (χ3v) is 4.63. The van der Waals surface area contributed by atoms with E-state index in [1.54, 1.807) is 19.1 Å². The van der Waals surface area contributed by atoms with E-state index in [2.05, 4.69) is 14.9 Å². The quantitative estimate of drug-likeness (QED) is 0.868. The molecule has 0 spiro atoms. The fraction of sp³-hybridized carbons (Fsp3) is 0.250. The molecule has 1 saturated carbocycles. The highest BCUT2D eigenvalue weighted by Crippen LogP contribution is 2.32. The van der Waals surface area contributed by atoms with E-state index in [0.29, 0.717) is 42.1 Å². The minimum atomic E-state index is -0.456. The first-order valence-corrected chi connectivity index (χ1v) is 8.55. The van der Waals surface area contributed by atoms with Crippen molar-refractivity contribution in [3.8, 4) is 5.75 Å². The van der Waals surface area contributed by atoms with Crippen LogP contribution in [-0.2, 0) is 4.79 Å². The molecule has 1 fully saturated rings. The highest BCUT2D eigenvalue weighted by atomic mass is 19.3. The maximum atomic E-state index is 13.1. The fourth-order valence-corrected chi connectivity index (χ4v) is 3.13. The Kier molecular flexibility index (Phi) is 5.59. The smallest absolute Gasteiger partial charge is 0.172 e. The third-order valence-electron chi connectivity index (χ3n) is 4.63. The SMILES string of the molecule is CC(=O)C1CC/C(=C(/N)c2cccc(OF)c2)C(=Nc2ccc(F)cn2)C1. The highest BCUT2D eigenvalue weighted by Gasteiger charge is 2.27. The molecule has 2 N–H and O–H groups in total. The van der Waals surface area contributed by atoms with Gasteiger partial charge in [-0.15, -0.1) is 0 Å². The van der Waals surface area contributed by atoms with Crippen LogP contribution in [0.5, 0.6) is 5.75 Å². The van der Waals surface area contributed by atoms with Crippen molar-refractivity contribution in [3.63, 3.8) is 0 Å². The van der Waals surface area contributed by atoms with Crippen molar-refractivity contribution in [1.29, 1.82) is 0 Å². The molecule has 140 valence electrons. The maximum absolute atomic E-state index is 13.1. The first-order chi connectivity index (χ1) is 13.0. The first-order valence-electron chi connectivity index (χ1n) is 8.55. The Bertz CT molecular complexity index is 908.